The van der Waals surface area contributed by atoms with Crippen molar-refractivity contribution in [1.29, 1.82) is 0 Å². The molecule has 0 amide bonds. The van der Waals surface area contributed by atoms with Crippen LogP contribution in [0.2, 0.25) is 0 Å². The van der Waals surface area contributed by atoms with Gasteiger partial charge in [-0.1, -0.05) is 5.10 Å². The maximum Gasteiger partial charge on any atom is 0.418 e. The summed E-state index contributed by atoms with van der Waals surface area (Å²) in [7, 11) is 0. The smallest absolute Gasteiger partial charge is 0.402 e. The van der Waals surface area contributed by atoms with Crippen molar-refractivity contribution in [1.82, 2.24) is 25.1 Å². The van der Waals surface area contributed by atoms with Gasteiger partial charge < -0.3 is 14.7 Å². The average molecular weight is 414 g/mol. The Morgan fingerprint density at radius 1 is 1.20 bits per heavy atom. The van der Waals surface area contributed by atoms with Gasteiger partial charge in [-0.15, -0.1) is 5.10 Å². The summed E-state index contributed by atoms with van der Waals surface area (Å²) in [6.07, 6.45) is 0.633. The molecule has 0 saturated heterocycles. The minimum atomic E-state index is -4.51. The number of rotatable bonds is 5. The quantitative estimate of drug-likeness (QED) is 0.486. The fourth-order valence-electron chi connectivity index (χ4n) is 3.44. The highest BCUT2D eigenvalue weighted by atomic mass is 19.4. The number of imidazole rings is 1. The summed E-state index contributed by atoms with van der Waals surface area (Å²) in [6.45, 7) is 2.09. The Hall–Kier alpha value is -3.43. The normalized spacial score (nSPS) is 14.4. The second kappa shape index (κ2) is 6.82. The second-order valence-electron chi connectivity index (χ2n) is 7.36. The van der Waals surface area contributed by atoms with Crippen LogP contribution in [-0.2, 0) is 12.7 Å². The number of fused-ring (bicyclic) bond motifs is 1. The number of nitrogens with zero attached hydrogens (tertiary/aromatic N) is 4. The first kappa shape index (κ1) is 18.6. The summed E-state index contributed by atoms with van der Waals surface area (Å²) in [5.41, 5.74) is 0.747. The molecule has 4 aromatic rings. The molecule has 1 aromatic carbocycles. The summed E-state index contributed by atoms with van der Waals surface area (Å²) in [5.74, 6) is 0.922. The van der Waals surface area contributed by atoms with Crippen LogP contribution < -0.4 is 5.32 Å². The molecule has 0 aliphatic heterocycles. The van der Waals surface area contributed by atoms with Gasteiger partial charge in [0.1, 0.15) is 11.5 Å². The number of anilines is 1. The van der Waals surface area contributed by atoms with Crippen LogP contribution in [0.15, 0.2) is 35.0 Å². The summed E-state index contributed by atoms with van der Waals surface area (Å²) >= 11 is 0. The molecular weight excluding hydrogens is 397 g/mol. The van der Waals surface area contributed by atoms with Crippen LogP contribution in [0, 0.1) is 6.92 Å². The van der Waals surface area contributed by atoms with Crippen LogP contribution in [0.3, 0.4) is 0 Å². The van der Waals surface area contributed by atoms with Crippen molar-refractivity contribution >= 4 is 16.9 Å². The van der Waals surface area contributed by atoms with E-state index in [9.17, 15) is 13.2 Å². The lowest BCUT2D eigenvalue weighted by Gasteiger charge is -2.14. The third-order valence-electron chi connectivity index (χ3n) is 5.10. The molecule has 2 N–H and O–H groups in total. The summed E-state index contributed by atoms with van der Waals surface area (Å²) in [6, 6.07) is 4.84. The Morgan fingerprint density at radius 3 is 2.73 bits per heavy atom. The van der Waals surface area contributed by atoms with E-state index in [1.54, 1.807) is 25.4 Å². The first-order chi connectivity index (χ1) is 14.4. The van der Waals surface area contributed by atoms with Gasteiger partial charge in [0.25, 0.3) is 5.89 Å². The van der Waals surface area contributed by atoms with Crippen LogP contribution in [0.25, 0.3) is 22.5 Å². The third kappa shape index (κ3) is 3.49. The van der Waals surface area contributed by atoms with Gasteiger partial charge in [0.2, 0.25) is 0 Å². The van der Waals surface area contributed by atoms with Crippen LogP contribution >= 0.6 is 0 Å². The van der Waals surface area contributed by atoms with Gasteiger partial charge in [0, 0.05) is 17.8 Å². The SMILES string of the molecule is Cc1cc(-c2nnc(NCc3ncc[nH]3)o2)nc2c(C(F)(F)F)cc(C3CC3)cc12. The number of aryl methyl sites for hydroxylation is 1. The van der Waals surface area contributed by atoms with Crippen molar-refractivity contribution < 1.29 is 17.6 Å². The molecule has 5 rings (SSSR count). The van der Waals surface area contributed by atoms with Crippen LogP contribution in [0.5, 0.6) is 0 Å². The number of aromatic amines is 1. The predicted octanol–water partition coefficient (Wildman–Crippen LogP) is 4.82. The molecule has 3 aromatic heterocycles. The maximum atomic E-state index is 13.8. The van der Waals surface area contributed by atoms with Gasteiger partial charge in [-0.2, -0.15) is 13.2 Å². The molecule has 1 aliphatic rings. The lowest BCUT2D eigenvalue weighted by molar-refractivity contribution is -0.136. The molecular formula is C20H17F3N6O. The molecule has 30 heavy (non-hydrogen) atoms. The van der Waals surface area contributed by atoms with Crippen molar-refractivity contribution in [3.8, 4) is 11.6 Å². The standard InChI is InChI=1S/C20H17F3N6O/c1-10-6-15(18-28-29-19(30-18)26-9-16-24-4-5-25-16)27-17-13(10)7-12(11-2-3-11)8-14(17)20(21,22)23/h4-8,11H,2-3,9H2,1H3,(H,24,25)(H,26,29). The first-order valence-electron chi connectivity index (χ1n) is 9.47. The summed E-state index contributed by atoms with van der Waals surface area (Å²) < 4.78 is 46.9. The van der Waals surface area contributed by atoms with Crippen LogP contribution in [0.1, 0.15) is 41.3 Å². The van der Waals surface area contributed by atoms with E-state index in [1.165, 1.54) is 6.07 Å². The number of alkyl halides is 3. The van der Waals surface area contributed by atoms with Crippen molar-refractivity contribution in [2.24, 2.45) is 0 Å². The monoisotopic (exact) mass is 414 g/mol. The number of benzene rings is 1. The zero-order valence-electron chi connectivity index (χ0n) is 15.9. The molecule has 154 valence electrons. The summed E-state index contributed by atoms with van der Waals surface area (Å²) in [5, 5.41) is 11.2. The number of H-pyrrole nitrogens is 1. The lowest BCUT2D eigenvalue weighted by atomic mass is 9.98. The predicted molar refractivity (Wildman–Crippen MR) is 103 cm³/mol. The minimum Gasteiger partial charge on any atom is -0.402 e. The Labute approximate surface area is 168 Å². The average Bonchev–Trinajstić information content (AvgIpc) is 3.22. The molecule has 0 atom stereocenters. The van der Waals surface area contributed by atoms with E-state index in [1.807, 2.05) is 6.07 Å². The minimum absolute atomic E-state index is 0.0429. The maximum absolute atomic E-state index is 13.8. The van der Waals surface area contributed by atoms with E-state index in [0.717, 1.165) is 18.4 Å². The van der Waals surface area contributed by atoms with Crippen LogP contribution in [-0.4, -0.2) is 25.1 Å². The molecule has 10 heteroatoms. The van der Waals surface area contributed by atoms with Crippen LogP contribution in [0.4, 0.5) is 19.2 Å². The second-order valence-corrected chi connectivity index (χ2v) is 7.36. The van der Waals surface area contributed by atoms with Gasteiger partial charge in [0.15, 0.2) is 0 Å². The van der Waals surface area contributed by atoms with E-state index >= 15 is 0 Å². The van der Waals surface area contributed by atoms with E-state index in [0.29, 0.717) is 23.3 Å². The molecule has 1 fully saturated rings. The third-order valence-corrected chi connectivity index (χ3v) is 5.10. The Morgan fingerprint density at radius 2 is 2.03 bits per heavy atom. The highest BCUT2D eigenvalue weighted by Gasteiger charge is 2.36. The Kier molecular flexibility index (Phi) is 4.23. The molecule has 3 heterocycles. The number of nitrogens with one attached hydrogen (secondary N) is 2. The molecule has 1 aliphatic carbocycles. The van der Waals surface area contributed by atoms with Gasteiger partial charge >= 0.3 is 12.2 Å². The van der Waals surface area contributed by atoms with Gasteiger partial charge in [-0.05, 0) is 55.0 Å². The Bertz CT molecular complexity index is 1210. The zero-order valence-corrected chi connectivity index (χ0v) is 15.9. The summed E-state index contributed by atoms with van der Waals surface area (Å²) in [4.78, 5) is 11.3. The van der Waals surface area contributed by atoms with Crippen molar-refractivity contribution in [3.05, 3.63) is 53.1 Å². The van der Waals surface area contributed by atoms with Gasteiger partial charge in [0.05, 0.1) is 17.6 Å². The largest absolute Gasteiger partial charge is 0.418 e. The van der Waals surface area contributed by atoms with E-state index in [4.69, 9.17) is 4.42 Å². The lowest BCUT2D eigenvalue weighted by Crippen LogP contribution is -2.08. The van der Waals surface area contributed by atoms with Crippen molar-refractivity contribution in [2.45, 2.75) is 38.4 Å². The number of aromatic nitrogens is 5. The molecule has 1 saturated carbocycles. The number of hydrogen-bond acceptors (Lipinski definition) is 6. The van der Waals surface area contributed by atoms with Gasteiger partial charge in [-0.3, -0.25) is 0 Å². The fourth-order valence-corrected chi connectivity index (χ4v) is 3.44. The number of hydrogen-bond donors (Lipinski definition) is 2. The molecule has 0 radical (unpaired) electrons. The van der Waals surface area contributed by atoms with E-state index < -0.39 is 11.7 Å². The number of pyridine rings is 1. The highest BCUT2D eigenvalue weighted by molar-refractivity contribution is 5.88. The first-order valence-corrected chi connectivity index (χ1v) is 9.47. The topological polar surface area (TPSA) is 92.5 Å². The molecule has 7 nitrogen and oxygen atoms in total. The molecule has 0 unspecified atom stereocenters. The van der Waals surface area contributed by atoms with E-state index in [2.05, 4.69) is 30.5 Å². The number of halogens is 3. The molecule has 0 spiro atoms. The van der Waals surface area contributed by atoms with Crippen molar-refractivity contribution in [2.75, 3.05) is 5.32 Å². The zero-order chi connectivity index (χ0) is 20.9. The van der Waals surface area contributed by atoms with E-state index in [-0.39, 0.29) is 29.0 Å². The Balaban J connectivity index is 1.53. The molecule has 0 bridgehead atoms. The highest BCUT2D eigenvalue weighted by Crippen LogP contribution is 2.45. The fraction of sp³-hybridized carbons (Fsp3) is 0.300. The van der Waals surface area contributed by atoms with Crippen molar-refractivity contribution in [3.63, 3.8) is 0 Å². The van der Waals surface area contributed by atoms with Gasteiger partial charge in [-0.25, -0.2) is 9.97 Å².